The van der Waals surface area contributed by atoms with E-state index in [9.17, 15) is 43.1 Å². The van der Waals surface area contributed by atoms with E-state index in [0.717, 1.165) is 21.1 Å². The minimum Gasteiger partial charge on any atom is -0.379 e. The topological polar surface area (TPSA) is 98.6 Å². The second kappa shape index (κ2) is 10.3. The molecular formula is C24H26F7N5O3S2. The SMILES string of the molecule is CO[C@@H]1C[C@H](C(=O)N(c2ccc(S(F)(F)(F)(F)F)cc2)C(C(=O)NC2CCC(F)(F)CC2)c2cncs2)N(C#N)C1. The van der Waals surface area contributed by atoms with Crippen LogP contribution in [0.3, 0.4) is 0 Å². The van der Waals surface area contributed by atoms with Gasteiger partial charge in [-0.1, -0.05) is 19.4 Å². The van der Waals surface area contributed by atoms with Crippen molar-refractivity contribution in [2.75, 3.05) is 18.6 Å². The molecule has 1 saturated heterocycles. The molecule has 1 aromatic heterocycles. The van der Waals surface area contributed by atoms with Gasteiger partial charge in [-0.3, -0.25) is 24.4 Å². The first kappa shape index (κ1) is 30.8. The Morgan fingerprint density at radius 2 is 1.83 bits per heavy atom. The number of likely N-dealkylation sites (tertiary alicyclic amines) is 1. The van der Waals surface area contributed by atoms with Crippen molar-refractivity contribution in [2.45, 2.75) is 67.2 Å². The maximum absolute atomic E-state index is 14.0. The molecule has 2 amide bonds. The molecule has 0 radical (unpaired) electrons. The average Bonchev–Trinajstić information content (AvgIpc) is 3.57. The molecule has 1 N–H and O–H groups in total. The van der Waals surface area contributed by atoms with Crippen LogP contribution in [-0.2, 0) is 14.3 Å². The summed E-state index contributed by atoms with van der Waals surface area (Å²) in [6, 6.07) is -1.90. The Labute approximate surface area is 234 Å². The Hall–Kier alpha value is -3.10. The molecule has 1 unspecified atom stereocenters. The van der Waals surface area contributed by atoms with Gasteiger partial charge in [0, 0.05) is 44.3 Å². The maximum atomic E-state index is 14.0. The zero-order chi connectivity index (χ0) is 30.3. The molecule has 0 spiro atoms. The lowest BCUT2D eigenvalue weighted by atomic mass is 9.92. The second-order valence-corrected chi connectivity index (χ2v) is 13.3. The van der Waals surface area contributed by atoms with E-state index < -0.39 is 69.9 Å². The Balaban J connectivity index is 1.77. The number of alkyl halides is 2. The lowest BCUT2D eigenvalue weighted by molar-refractivity contribution is -0.129. The van der Waals surface area contributed by atoms with Gasteiger partial charge in [-0.15, -0.1) is 11.3 Å². The number of carbonyl (C=O) groups is 2. The molecule has 2 heterocycles. The maximum Gasteiger partial charge on any atom is 0.310 e. The minimum absolute atomic E-state index is 0.00231. The lowest BCUT2D eigenvalue weighted by Crippen LogP contribution is -2.52. The van der Waals surface area contributed by atoms with E-state index in [0.29, 0.717) is 12.1 Å². The summed E-state index contributed by atoms with van der Waals surface area (Å²) < 4.78 is 99.8. The molecule has 41 heavy (non-hydrogen) atoms. The summed E-state index contributed by atoms with van der Waals surface area (Å²) in [4.78, 5) is 31.5. The van der Waals surface area contributed by atoms with Gasteiger partial charge in [0.25, 0.3) is 5.91 Å². The number of carbonyl (C=O) groups excluding carboxylic acids is 2. The summed E-state index contributed by atoms with van der Waals surface area (Å²) in [5.74, 6) is -4.60. The van der Waals surface area contributed by atoms with E-state index in [1.54, 1.807) is 0 Å². The molecule has 226 valence electrons. The number of hydrogen-bond donors (Lipinski definition) is 1. The number of halogens is 7. The van der Waals surface area contributed by atoms with Crippen LogP contribution in [-0.4, -0.2) is 59.5 Å². The molecule has 17 heteroatoms. The van der Waals surface area contributed by atoms with E-state index in [2.05, 4.69) is 10.3 Å². The first-order valence-corrected chi connectivity index (χ1v) is 15.2. The van der Waals surface area contributed by atoms with E-state index >= 15 is 0 Å². The number of aromatic nitrogens is 1. The highest BCUT2D eigenvalue weighted by atomic mass is 32.5. The summed E-state index contributed by atoms with van der Waals surface area (Å²) in [5.41, 5.74) is 1.01. The molecule has 3 atom stereocenters. The van der Waals surface area contributed by atoms with Crippen molar-refractivity contribution < 1.29 is 42.5 Å². The van der Waals surface area contributed by atoms with Gasteiger partial charge in [0.05, 0.1) is 23.0 Å². The van der Waals surface area contributed by atoms with E-state index in [1.807, 2.05) is 6.19 Å². The minimum atomic E-state index is -10.1. The predicted octanol–water partition coefficient (Wildman–Crippen LogP) is 6.14. The number of methoxy groups -OCH3 is 1. The van der Waals surface area contributed by atoms with Crippen LogP contribution in [0.15, 0.2) is 40.9 Å². The Morgan fingerprint density at radius 3 is 2.34 bits per heavy atom. The average molecular weight is 630 g/mol. The van der Waals surface area contributed by atoms with Crippen molar-refractivity contribution in [3.8, 4) is 6.19 Å². The normalized spacial score (nSPS) is 23.6. The Morgan fingerprint density at radius 1 is 1.20 bits per heavy atom. The van der Waals surface area contributed by atoms with Gasteiger partial charge in [0.1, 0.15) is 10.9 Å². The molecule has 2 aromatic rings. The Kier molecular flexibility index (Phi) is 7.76. The highest BCUT2D eigenvalue weighted by Crippen LogP contribution is 3.02. The number of nitrogens with one attached hydrogen (secondary N) is 1. The number of anilines is 1. The highest BCUT2D eigenvalue weighted by molar-refractivity contribution is 8.45. The molecule has 2 aliphatic rings. The molecule has 2 fully saturated rings. The molecule has 8 nitrogen and oxygen atoms in total. The summed E-state index contributed by atoms with van der Waals surface area (Å²) in [7, 11) is -8.69. The van der Waals surface area contributed by atoms with Gasteiger partial charge in [-0.25, -0.2) is 8.78 Å². The van der Waals surface area contributed by atoms with E-state index in [-0.39, 0.29) is 48.5 Å². The lowest BCUT2D eigenvalue weighted by Gasteiger charge is -2.41. The van der Waals surface area contributed by atoms with E-state index in [1.165, 1.54) is 18.8 Å². The second-order valence-electron chi connectivity index (χ2n) is 9.98. The van der Waals surface area contributed by atoms with Crippen LogP contribution in [0.4, 0.5) is 33.9 Å². The number of nitriles is 1. The fourth-order valence-corrected chi connectivity index (χ4v) is 6.30. The fourth-order valence-electron chi connectivity index (χ4n) is 4.94. The van der Waals surface area contributed by atoms with Gasteiger partial charge < -0.3 is 10.1 Å². The fraction of sp³-hybridized carbons (Fsp3) is 0.500. The summed E-state index contributed by atoms with van der Waals surface area (Å²) in [5, 5.41) is 12.3. The van der Waals surface area contributed by atoms with Gasteiger partial charge in [-0.05, 0) is 37.1 Å². The van der Waals surface area contributed by atoms with Crippen molar-refractivity contribution in [3.05, 3.63) is 40.8 Å². The van der Waals surface area contributed by atoms with Gasteiger partial charge in [0.15, 0.2) is 12.2 Å². The van der Waals surface area contributed by atoms with Crippen LogP contribution >= 0.6 is 21.6 Å². The molecule has 0 bridgehead atoms. The largest absolute Gasteiger partial charge is 0.379 e. The molecule has 1 aliphatic carbocycles. The predicted molar refractivity (Wildman–Crippen MR) is 137 cm³/mol. The standard InChI is InChI=1S/C24H26F7N5O3S2/c1-39-17-10-19(35(12-17)13-32)23(38)36(16-2-4-18(5-3-16)41(27,28,29,30)31)21(20-11-33-14-40-20)22(37)34-15-6-8-24(25,26)9-7-15/h2-5,11,14-15,17,19,21H,6-10,12H2,1H3,(H,34,37)/t17-,19-,21?/m1/s1. The number of ether oxygens (including phenoxy) is 1. The van der Waals surface area contributed by atoms with Crippen molar-refractivity contribution in [1.29, 1.82) is 5.26 Å². The van der Waals surface area contributed by atoms with Crippen molar-refractivity contribution in [1.82, 2.24) is 15.2 Å². The number of rotatable bonds is 8. The summed E-state index contributed by atoms with van der Waals surface area (Å²) in [6.45, 7) is 0.0219. The quantitative estimate of drug-likeness (QED) is 0.278. The van der Waals surface area contributed by atoms with Crippen LogP contribution in [0.1, 0.15) is 43.0 Å². The number of benzene rings is 1. The van der Waals surface area contributed by atoms with Crippen molar-refractivity contribution >= 4 is 39.1 Å². The molecule has 1 saturated carbocycles. The number of nitrogens with zero attached hydrogens (tertiary/aromatic N) is 4. The van der Waals surface area contributed by atoms with Gasteiger partial charge in [0.2, 0.25) is 11.8 Å². The number of thiazole rings is 1. The molecule has 1 aliphatic heterocycles. The number of hydrogen-bond acceptors (Lipinski definition) is 7. The van der Waals surface area contributed by atoms with Gasteiger partial charge in [-0.2, -0.15) is 5.26 Å². The third-order valence-corrected chi connectivity index (χ3v) is 9.09. The van der Waals surface area contributed by atoms with Crippen LogP contribution in [0.5, 0.6) is 0 Å². The third kappa shape index (κ3) is 7.04. The Bertz CT molecular complexity index is 1310. The molecule has 1 aromatic carbocycles. The van der Waals surface area contributed by atoms with Crippen molar-refractivity contribution in [3.63, 3.8) is 0 Å². The van der Waals surface area contributed by atoms with Crippen LogP contribution in [0.2, 0.25) is 0 Å². The highest BCUT2D eigenvalue weighted by Gasteiger charge is 2.65. The zero-order valence-corrected chi connectivity index (χ0v) is 23.1. The zero-order valence-electron chi connectivity index (χ0n) is 21.5. The first-order valence-electron chi connectivity index (χ1n) is 12.4. The van der Waals surface area contributed by atoms with Crippen LogP contribution in [0, 0.1) is 11.5 Å². The van der Waals surface area contributed by atoms with Crippen LogP contribution < -0.4 is 10.2 Å². The summed E-state index contributed by atoms with van der Waals surface area (Å²) >= 11 is 0.939. The van der Waals surface area contributed by atoms with Gasteiger partial charge >= 0.3 is 10.2 Å². The first-order chi connectivity index (χ1) is 18.9. The van der Waals surface area contributed by atoms with E-state index in [4.69, 9.17) is 4.74 Å². The smallest absolute Gasteiger partial charge is 0.310 e. The van der Waals surface area contributed by atoms with Crippen LogP contribution in [0.25, 0.3) is 0 Å². The molecular weight excluding hydrogens is 603 g/mol. The number of amides is 2. The summed E-state index contributed by atoms with van der Waals surface area (Å²) in [6.07, 6.45) is 1.50. The monoisotopic (exact) mass is 629 g/mol. The third-order valence-electron chi connectivity index (χ3n) is 7.10. The van der Waals surface area contributed by atoms with Crippen molar-refractivity contribution in [2.24, 2.45) is 0 Å². The molecule has 4 rings (SSSR count).